The fourth-order valence-electron chi connectivity index (χ4n) is 2.35. The maximum absolute atomic E-state index is 12.2. The number of ketones is 1. The maximum atomic E-state index is 12.2. The summed E-state index contributed by atoms with van der Waals surface area (Å²) in [5, 5.41) is 0. The first-order chi connectivity index (χ1) is 9.37. The molecule has 1 unspecified atom stereocenters. The quantitative estimate of drug-likeness (QED) is 0.626. The molecule has 1 heterocycles. The minimum atomic E-state index is -0.755. The van der Waals surface area contributed by atoms with Crippen molar-refractivity contribution >= 4 is 11.8 Å². The number of esters is 1. The van der Waals surface area contributed by atoms with Gasteiger partial charge < -0.3 is 4.74 Å². The van der Waals surface area contributed by atoms with Crippen molar-refractivity contribution in [2.75, 3.05) is 6.54 Å². The number of likely N-dealkylation sites (tertiary alicyclic amines) is 1. The van der Waals surface area contributed by atoms with Crippen LogP contribution in [0.15, 0.2) is 30.3 Å². The fourth-order valence-corrected chi connectivity index (χ4v) is 2.35. The summed E-state index contributed by atoms with van der Waals surface area (Å²) in [4.78, 5) is 26.0. The molecular formula is C16H21NO3. The molecule has 0 bridgehead atoms. The van der Waals surface area contributed by atoms with Gasteiger partial charge in [0.1, 0.15) is 5.60 Å². The zero-order valence-corrected chi connectivity index (χ0v) is 12.3. The van der Waals surface area contributed by atoms with Crippen LogP contribution in [-0.2, 0) is 20.9 Å². The highest BCUT2D eigenvalue weighted by Gasteiger charge is 2.40. The van der Waals surface area contributed by atoms with Gasteiger partial charge >= 0.3 is 5.97 Å². The molecule has 108 valence electrons. The van der Waals surface area contributed by atoms with Crippen LogP contribution >= 0.6 is 0 Å². The second-order valence-corrected chi connectivity index (χ2v) is 6.11. The number of rotatable bonds is 3. The van der Waals surface area contributed by atoms with E-state index in [1.165, 1.54) is 0 Å². The SMILES string of the molecule is CC(C)(C)OC(=O)C1C(=O)CCN1Cc1ccccc1. The summed E-state index contributed by atoms with van der Waals surface area (Å²) in [6.45, 7) is 6.64. The summed E-state index contributed by atoms with van der Waals surface area (Å²) >= 11 is 0. The second-order valence-electron chi connectivity index (χ2n) is 6.11. The van der Waals surface area contributed by atoms with Crippen molar-refractivity contribution in [1.82, 2.24) is 4.90 Å². The summed E-state index contributed by atoms with van der Waals surface area (Å²) in [5.74, 6) is -0.480. The van der Waals surface area contributed by atoms with E-state index in [9.17, 15) is 9.59 Å². The molecule has 1 aromatic rings. The molecule has 0 saturated carbocycles. The van der Waals surface area contributed by atoms with Crippen LogP contribution in [0.1, 0.15) is 32.8 Å². The van der Waals surface area contributed by atoms with Gasteiger partial charge in [-0.25, -0.2) is 4.79 Å². The van der Waals surface area contributed by atoms with Gasteiger partial charge in [-0.1, -0.05) is 30.3 Å². The number of ether oxygens (including phenoxy) is 1. The molecule has 1 fully saturated rings. The molecule has 0 radical (unpaired) electrons. The molecule has 0 aliphatic carbocycles. The Labute approximate surface area is 119 Å². The predicted octanol–water partition coefficient (Wildman–Crippen LogP) is 2.17. The molecule has 4 nitrogen and oxygen atoms in total. The van der Waals surface area contributed by atoms with Crippen LogP contribution in [0.4, 0.5) is 0 Å². The van der Waals surface area contributed by atoms with E-state index in [-0.39, 0.29) is 5.78 Å². The summed E-state index contributed by atoms with van der Waals surface area (Å²) in [7, 11) is 0. The van der Waals surface area contributed by atoms with Crippen LogP contribution in [0.5, 0.6) is 0 Å². The summed E-state index contributed by atoms with van der Waals surface area (Å²) in [6, 6.07) is 9.09. The van der Waals surface area contributed by atoms with E-state index >= 15 is 0 Å². The number of carbonyl (C=O) groups is 2. The lowest BCUT2D eigenvalue weighted by molar-refractivity contribution is -0.161. The van der Waals surface area contributed by atoms with Gasteiger partial charge in [-0.15, -0.1) is 0 Å². The van der Waals surface area contributed by atoms with Gasteiger partial charge in [0.2, 0.25) is 0 Å². The summed E-state index contributed by atoms with van der Waals surface area (Å²) < 4.78 is 5.36. The van der Waals surface area contributed by atoms with Crippen molar-refractivity contribution < 1.29 is 14.3 Å². The van der Waals surface area contributed by atoms with Crippen LogP contribution in [0.25, 0.3) is 0 Å². The number of nitrogens with zero attached hydrogens (tertiary/aromatic N) is 1. The van der Waals surface area contributed by atoms with Crippen molar-refractivity contribution in [1.29, 1.82) is 0 Å². The first-order valence-corrected chi connectivity index (χ1v) is 6.90. The average molecular weight is 275 g/mol. The number of Topliss-reactive ketones (excluding diaryl/α,β-unsaturated/α-hetero) is 1. The summed E-state index contributed by atoms with van der Waals surface area (Å²) in [6.07, 6.45) is 0.413. The smallest absolute Gasteiger partial charge is 0.331 e. The second kappa shape index (κ2) is 5.75. The van der Waals surface area contributed by atoms with Crippen molar-refractivity contribution in [3.8, 4) is 0 Å². The van der Waals surface area contributed by atoms with Gasteiger partial charge in [-0.2, -0.15) is 0 Å². The van der Waals surface area contributed by atoms with Crippen LogP contribution in [-0.4, -0.2) is 34.8 Å². The molecule has 0 aromatic heterocycles. The Kier molecular flexibility index (Phi) is 4.23. The topological polar surface area (TPSA) is 46.6 Å². The first-order valence-electron chi connectivity index (χ1n) is 6.90. The lowest BCUT2D eigenvalue weighted by atomic mass is 10.1. The van der Waals surface area contributed by atoms with Gasteiger partial charge in [0.15, 0.2) is 11.8 Å². The number of hydrogen-bond acceptors (Lipinski definition) is 4. The molecule has 1 atom stereocenters. The third-order valence-electron chi connectivity index (χ3n) is 3.17. The molecule has 2 rings (SSSR count). The number of benzene rings is 1. The zero-order chi connectivity index (χ0) is 14.8. The normalized spacial score (nSPS) is 20.1. The lowest BCUT2D eigenvalue weighted by Gasteiger charge is -2.26. The van der Waals surface area contributed by atoms with Gasteiger partial charge in [-0.05, 0) is 26.3 Å². The Morgan fingerprint density at radius 2 is 1.95 bits per heavy atom. The Balaban J connectivity index is 2.09. The van der Waals surface area contributed by atoms with E-state index in [1.54, 1.807) is 0 Å². The van der Waals surface area contributed by atoms with E-state index in [4.69, 9.17) is 4.74 Å². The summed E-state index contributed by atoms with van der Waals surface area (Å²) in [5.41, 5.74) is 0.522. The third-order valence-corrected chi connectivity index (χ3v) is 3.17. The van der Waals surface area contributed by atoms with Gasteiger partial charge in [0.25, 0.3) is 0 Å². The molecule has 20 heavy (non-hydrogen) atoms. The van der Waals surface area contributed by atoms with Crippen molar-refractivity contribution in [3.05, 3.63) is 35.9 Å². The maximum Gasteiger partial charge on any atom is 0.331 e. The first kappa shape index (κ1) is 14.7. The molecule has 1 saturated heterocycles. The molecule has 0 spiro atoms. The monoisotopic (exact) mass is 275 g/mol. The van der Waals surface area contributed by atoms with Crippen molar-refractivity contribution in [3.63, 3.8) is 0 Å². The highest BCUT2D eigenvalue weighted by Crippen LogP contribution is 2.20. The Morgan fingerprint density at radius 3 is 2.55 bits per heavy atom. The van der Waals surface area contributed by atoms with E-state index in [0.29, 0.717) is 19.5 Å². The van der Waals surface area contributed by atoms with Crippen LogP contribution < -0.4 is 0 Å². The molecule has 1 aliphatic rings. The van der Waals surface area contributed by atoms with Crippen LogP contribution in [0.2, 0.25) is 0 Å². The predicted molar refractivity (Wildman–Crippen MR) is 76.1 cm³/mol. The van der Waals surface area contributed by atoms with Crippen LogP contribution in [0.3, 0.4) is 0 Å². The number of carbonyl (C=O) groups excluding carboxylic acids is 2. The Hall–Kier alpha value is -1.68. The standard InChI is InChI=1S/C16H21NO3/c1-16(2,3)20-15(19)14-13(18)9-10-17(14)11-12-7-5-4-6-8-12/h4-8,14H,9-11H2,1-3H3. The fraction of sp³-hybridized carbons (Fsp3) is 0.500. The van der Waals surface area contributed by atoms with Crippen molar-refractivity contribution in [2.45, 2.75) is 45.4 Å². The van der Waals surface area contributed by atoms with E-state index in [0.717, 1.165) is 5.56 Å². The molecular weight excluding hydrogens is 254 g/mol. The van der Waals surface area contributed by atoms with Gasteiger partial charge in [0, 0.05) is 19.5 Å². The molecule has 4 heteroatoms. The highest BCUT2D eigenvalue weighted by molar-refractivity contribution is 6.04. The van der Waals surface area contributed by atoms with Gasteiger partial charge in [0.05, 0.1) is 0 Å². The Bertz CT molecular complexity index is 490. The van der Waals surface area contributed by atoms with E-state index in [2.05, 4.69) is 0 Å². The van der Waals surface area contributed by atoms with Crippen LogP contribution in [0, 0.1) is 0 Å². The largest absolute Gasteiger partial charge is 0.458 e. The molecule has 1 aromatic carbocycles. The Morgan fingerprint density at radius 1 is 1.30 bits per heavy atom. The number of hydrogen-bond donors (Lipinski definition) is 0. The molecule has 1 aliphatic heterocycles. The van der Waals surface area contributed by atoms with Crippen molar-refractivity contribution in [2.24, 2.45) is 0 Å². The zero-order valence-electron chi connectivity index (χ0n) is 12.3. The minimum absolute atomic E-state index is 0.0461. The van der Waals surface area contributed by atoms with E-state index in [1.807, 2.05) is 56.0 Å². The molecule has 0 amide bonds. The minimum Gasteiger partial charge on any atom is -0.458 e. The van der Waals surface area contributed by atoms with E-state index < -0.39 is 17.6 Å². The highest BCUT2D eigenvalue weighted by atomic mass is 16.6. The lowest BCUT2D eigenvalue weighted by Crippen LogP contribution is -2.43. The molecule has 0 N–H and O–H groups in total. The van der Waals surface area contributed by atoms with Gasteiger partial charge in [-0.3, -0.25) is 9.69 Å². The average Bonchev–Trinajstić information content (AvgIpc) is 2.69. The third kappa shape index (κ3) is 3.67.